The summed E-state index contributed by atoms with van der Waals surface area (Å²) in [6, 6.07) is 0.242. The van der Waals surface area contributed by atoms with Gasteiger partial charge in [0.25, 0.3) is 0 Å². The SMILES string of the molecule is CCCCS(=O)(=O)N1CC[C@H]2CNC[C@H]21. The van der Waals surface area contributed by atoms with Gasteiger partial charge in [0.2, 0.25) is 10.0 Å². The molecule has 1 N–H and O–H groups in total. The molecular weight excluding hydrogens is 212 g/mol. The molecule has 2 saturated heterocycles. The largest absolute Gasteiger partial charge is 0.315 e. The Kier molecular flexibility index (Phi) is 3.33. The minimum Gasteiger partial charge on any atom is -0.315 e. The summed E-state index contributed by atoms with van der Waals surface area (Å²) in [6.07, 6.45) is 2.76. The molecule has 2 heterocycles. The highest BCUT2D eigenvalue weighted by molar-refractivity contribution is 7.89. The van der Waals surface area contributed by atoms with Gasteiger partial charge in [-0.25, -0.2) is 8.42 Å². The first-order valence-corrected chi connectivity index (χ1v) is 7.46. The van der Waals surface area contributed by atoms with Crippen molar-refractivity contribution in [1.82, 2.24) is 9.62 Å². The molecule has 0 spiro atoms. The van der Waals surface area contributed by atoms with E-state index in [0.717, 1.165) is 38.9 Å². The molecule has 0 aromatic carbocycles. The molecule has 5 heteroatoms. The lowest BCUT2D eigenvalue weighted by atomic mass is 10.1. The summed E-state index contributed by atoms with van der Waals surface area (Å²) in [7, 11) is -2.98. The van der Waals surface area contributed by atoms with E-state index < -0.39 is 10.0 Å². The Balaban J connectivity index is 2.04. The van der Waals surface area contributed by atoms with Crippen LogP contribution in [0, 0.1) is 5.92 Å². The van der Waals surface area contributed by atoms with Crippen molar-refractivity contribution in [1.29, 1.82) is 0 Å². The second-order valence-electron chi connectivity index (χ2n) is 4.55. The van der Waals surface area contributed by atoms with Crippen LogP contribution in [-0.4, -0.2) is 44.2 Å². The van der Waals surface area contributed by atoms with E-state index >= 15 is 0 Å². The average Bonchev–Trinajstić information content (AvgIpc) is 2.74. The molecule has 2 atom stereocenters. The van der Waals surface area contributed by atoms with Gasteiger partial charge in [0, 0.05) is 19.1 Å². The first kappa shape index (κ1) is 11.4. The minimum absolute atomic E-state index is 0.242. The third-order valence-corrected chi connectivity index (χ3v) is 5.48. The number of hydrogen-bond acceptors (Lipinski definition) is 3. The fourth-order valence-corrected chi connectivity index (χ4v) is 4.53. The lowest BCUT2D eigenvalue weighted by Gasteiger charge is -2.22. The summed E-state index contributed by atoms with van der Waals surface area (Å²) in [5.41, 5.74) is 0. The number of hydrogen-bond donors (Lipinski definition) is 1. The van der Waals surface area contributed by atoms with Crippen molar-refractivity contribution >= 4 is 10.0 Å². The van der Waals surface area contributed by atoms with Gasteiger partial charge in [0.15, 0.2) is 0 Å². The summed E-state index contributed by atoms with van der Waals surface area (Å²) >= 11 is 0. The maximum absolute atomic E-state index is 12.0. The predicted octanol–water partition coefficient (Wildman–Crippen LogP) is 0.410. The van der Waals surface area contributed by atoms with Crippen LogP contribution in [0.1, 0.15) is 26.2 Å². The van der Waals surface area contributed by atoms with Crippen LogP contribution in [0.5, 0.6) is 0 Å². The van der Waals surface area contributed by atoms with Gasteiger partial charge in [0.05, 0.1) is 5.75 Å². The third kappa shape index (κ3) is 2.19. The Morgan fingerprint density at radius 1 is 1.40 bits per heavy atom. The zero-order chi connectivity index (χ0) is 10.9. The summed E-state index contributed by atoms with van der Waals surface area (Å²) in [5, 5.41) is 3.28. The van der Waals surface area contributed by atoms with Crippen molar-refractivity contribution in [3.63, 3.8) is 0 Å². The Morgan fingerprint density at radius 3 is 2.93 bits per heavy atom. The van der Waals surface area contributed by atoms with Crippen molar-refractivity contribution < 1.29 is 8.42 Å². The van der Waals surface area contributed by atoms with Gasteiger partial charge < -0.3 is 5.32 Å². The van der Waals surface area contributed by atoms with E-state index in [9.17, 15) is 8.42 Å². The molecule has 2 aliphatic rings. The van der Waals surface area contributed by atoms with Gasteiger partial charge in [-0.1, -0.05) is 13.3 Å². The molecule has 2 rings (SSSR count). The number of fused-ring (bicyclic) bond motifs is 1. The van der Waals surface area contributed by atoms with E-state index in [0.29, 0.717) is 11.7 Å². The van der Waals surface area contributed by atoms with Crippen LogP contribution < -0.4 is 5.32 Å². The molecular formula is C10H20N2O2S. The van der Waals surface area contributed by atoms with Crippen molar-refractivity contribution in [3.05, 3.63) is 0 Å². The molecule has 0 aromatic rings. The highest BCUT2D eigenvalue weighted by Crippen LogP contribution is 2.29. The van der Waals surface area contributed by atoms with Crippen LogP contribution in [0.15, 0.2) is 0 Å². The standard InChI is InChI=1S/C10H20N2O2S/c1-2-3-6-15(13,14)12-5-4-9-7-11-8-10(9)12/h9-11H,2-8H2,1H3/t9-,10+/m0/s1. The first-order valence-electron chi connectivity index (χ1n) is 5.85. The maximum Gasteiger partial charge on any atom is 0.214 e. The second kappa shape index (κ2) is 4.39. The maximum atomic E-state index is 12.0. The van der Waals surface area contributed by atoms with Gasteiger partial charge in [-0.15, -0.1) is 0 Å². The van der Waals surface area contributed by atoms with E-state index in [1.54, 1.807) is 4.31 Å². The molecule has 2 aliphatic heterocycles. The second-order valence-corrected chi connectivity index (χ2v) is 6.60. The molecule has 4 nitrogen and oxygen atoms in total. The highest BCUT2D eigenvalue weighted by atomic mass is 32.2. The Labute approximate surface area is 92.1 Å². The molecule has 0 unspecified atom stereocenters. The van der Waals surface area contributed by atoms with Gasteiger partial charge in [-0.05, 0) is 25.3 Å². The number of rotatable bonds is 4. The Morgan fingerprint density at radius 2 is 2.20 bits per heavy atom. The topological polar surface area (TPSA) is 49.4 Å². The van der Waals surface area contributed by atoms with Gasteiger partial charge >= 0.3 is 0 Å². The van der Waals surface area contributed by atoms with Crippen LogP contribution in [0.4, 0.5) is 0 Å². The molecule has 88 valence electrons. The van der Waals surface area contributed by atoms with E-state index in [2.05, 4.69) is 5.32 Å². The zero-order valence-electron chi connectivity index (χ0n) is 9.28. The minimum atomic E-state index is -2.98. The Bertz CT molecular complexity index is 315. The summed E-state index contributed by atoms with van der Waals surface area (Å²) in [4.78, 5) is 0. The van der Waals surface area contributed by atoms with E-state index in [1.165, 1.54) is 0 Å². The number of nitrogens with one attached hydrogen (secondary N) is 1. The third-order valence-electron chi connectivity index (χ3n) is 3.51. The van der Waals surface area contributed by atoms with Crippen LogP contribution >= 0.6 is 0 Å². The molecule has 0 aromatic heterocycles. The fraction of sp³-hybridized carbons (Fsp3) is 1.00. The monoisotopic (exact) mass is 232 g/mol. The fourth-order valence-electron chi connectivity index (χ4n) is 2.60. The van der Waals surface area contributed by atoms with Gasteiger partial charge in [-0.3, -0.25) is 0 Å². The van der Waals surface area contributed by atoms with Crippen molar-refractivity contribution in [3.8, 4) is 0 Å². The predicted molar refractivity (Wildman–Crippen MR) is 60.2 cm³/mol. The van der Waals surface area contributed by atoms with E-state index in [1.807, 2.05) is 6.92 Å². The molecule has 15 heavy (non-hydrogen) atoms. The van der Waals surface area contributed by atoms with Gasteiger partial charge in [0.1, 0.15) is 0 Å². The van der Waals surface area contributed by atoms with Crippen LogP contribution in [-0.2, 0) is 10.0 Å². The molecule has 2 fully saturated rings. The van der Waals surface area contributed by atoms with Crippen LogP contribution in [0.25, 0.3) is 0 Å². The quantitative estimate of drug-likeness (QED) is 0.764. The van der Waals surface area contributed by atoms with E-state index in [4.69, 9.17) is 0 Å². The van der Waals surface area contributed by atoms with Crippen LogP contribution in [0.2, 0.25) is 0 Å². The highest BCUT2D eigenvalue weighted by Gasteiger charge is 2.42. The molecule has 0 bridgehead atoms. The Hall–Kier alpha value is -0.130. The zero-order valence-corrected chi connectivity index (χ0v) is 10.1. The van der Waals surface area contributed by atoms with Crippen molar-refractivity contribution in [2.75, 3.05) is 25.4 Å². The first-order chi connectivity index (χ1) is 7.15. The molecule has 0 radical (unpaired) electrons. The average molecular weight is 232 g/mol. The molecule has 0 aliphatic carbocycles. The van der Waals surface area contributed by atoms with Crippen molar-refractivity contribution in [2.45, 2.75) is 32.2 Å². The number of nitrogens with zero attached hydrogens (tertiary/aromatic N) is 1. The number of sulfonamides is 1. The van der Waals surface area contributed by atoms with Crippen LogP contribution in [0.3, 0.4) is 0 Å². The van der Waals surface area contributed by atoms with E-state index in [-0.39, 0.29) is 6.04 Å². The lowest BCUT2D eigenvalue weighted by Crippen LogP contribution is -2.40. The smallest absolute Gasteiger partial charge is 0.214 e. The molecule has 0 saturated carbocycles. The molecule has 0 amide bonds. The lowest BCUT2D eigenvalue weighted by molar-refractivity contribution is 0.382. The number of unbranched alkanes of at least 4 members (excludes halogenated alkanes) is 1. The summed E-state index contributed by atoms with van der Waals surface area (Å²) < 4.78 is 25.8. The summed E-state index contributed by atoms with van der Waals surface area (Å²) in [6.45, 7) is 4.60. The summed E-state index contributed by atoms with van der Waals surface area (Å²) in [5.74, 6) is 0.883. The van der Waals surface area contributed by atoms with Crippen molar-refractivity contribution in [2.24, 2.45) is 5.92 Å². The normalized spacial score (nSPS) is 32.1. The van der Waals surface area contributed by atoms with Gasteiger partial charge in [-0.2, -0.15) is 4.31 Å².